The van der Waals surface area contributed by atoms with Crippen LogP contribution in [0.25, 0.3) is 0 Å². The monoisotopic (exact) mass is 1060 g/mol. The van der Waals surface area contributed by atoms with Gasteiger partial charge in [-0.2, -0.15) is 0 Å². The normalized spacial score (nSPS) is 22.5. The number of hydrogen-bond donors (Lipinski definition) is 2. The second kappa shape index (κ2) is 29.6. The number of nitrogens with one attached hydrogen (secondary N) is 2. The Labute approximate surface area is 455 Å². The summed E-state index contributed by atoms with van der Waals surface area (Å²) in [6.07, 6.45) is 1.43. The predicted octanol–water partition coefficient (Wildman–Crippen LogP) is 3.72. The van der Waals surface area contributed by atoms with E-state index in [1.54, 1.807) is 38.0 Å². The summed E-state index contributed by atoms with van der Waals surface area (Å²) in [5, 5.41) is 5.96. The molecule has 2 N–H and O–H groups in total. The number of likely N-dealkylation sites (N-methyl/N-ethyl adjacent to an activating group) is 8. The van der Waals surface area contributed by atoms with E-state index in [9.17, 15) is 9.59 Å². The van der Waals surface area contributed by atoms with Crippen molar-refractivity contribution >= 4 is 47.3 Å². The number of nitrogens with zero attached hydrogens (tertiary/aromatic N) is 8. The highest BCUT2D eigenvalue weighted by Gasteiger charge is 2.43. The first kappa shape index (κ1) is 64.4. The molecule has 2 aromatic rings. The van der Waals surface area contributed by atoms with E-state index in [1.165, 1.54) is 71.7 Å². The van der Waals surface area contributed by atoms with Gasteiger partial charge in [-0.1, -0.05) is 116 Å². The van der Waals surface area contributed by atoms with Crippen LogP contribution < -0.4 is 10.6 Å². The second-order valence-electron chi connectivity index (χ2n) is 23.3. The van der Waals surface area contributed by atoms with Gasteiger partial charge in [-0.15, -0.1) is 0 Å². The van der Waals surface area contributed by atoms with E-state index in [4.69, 9.17) is 0 Å². The third kappa shape index (κ3) is 18.1. The summed E-state index contributed by atoms with van der Waals surface area (Å²) in [5.41, 5.74) is 1.49. The molecule has 0 aromatic heterocycles. The zero-order chi connectivity index (χ0) is 57.5. The summed E-state index contributed by atoms with van der Waals surface area (Å²) >= 11 is 0. The van der Waals surface area contributed by atoms with Gasteiger partial charge in [-0.3, -0.25) is 48.2 Å². The molecule has 8 atom stereocenters. The van der Waals surface area contributed by atoms with Crippen LogP contribution in [0.1, 0.15) is 92.2 Å². The molecular weight excluding hydrogens is 965 g/mol. The molecule has 18 heteroatoms. The zero-order valence-electron chi connectivity index (χ0n) is 49.2. The fourth-order valence-corrected chi connectivity index (χ4v) is 9.91. The van der Waals surface area contributed by atoms with E-state index in [0.29, 0.717) is 12.8 Å². The maximum absolute atomic E-state index is 15.3. The molecule has 0 aliphatic carbocycles. The molecule has 8 amide bonds. The average Bonchev–Trinajstić information content (AvgIpc) is 3.36. The van der Waals surface area contributed by atoms with Crippen molar-refractivity contribution in [3.05, 3.63) is 71.8 Å². The smallest absolute Gasteiger partial charge is 0.247 e. The lowest BCUT2D eigenvalue weighted by molar-refractivity contribution is -0.154. The highest BCUT2D eigenvalue weighted by molar-refractivity contribution is 5.97. The van der Waals surface area contributed by atoms with Crippen molar-refractivity contribution in [2.24, 2.45) is 23.7 Å². The Balaban J connectivity index is 2.44. The van der Waals surface area contributed by atoms with Crippen molar-refractivity contribution in [2.45, 2.75) is 142 Å². The van der Waals surface area contributed by atoms with Crippen LogP contribution in [0.15, 0.2) is 60.7 Å². The average molecular weight is 1060 g/mol. The van der Waals surface area contributed by atoms with Gasteiger partial charge in [0.05, 0.1) is 12.1 Å². The van der Waals surface area contributed by atoms with Crippen molar-refractivity contribution in [1.29, 1.82) is 0 Å². The SMILES string of the molecule is CC(C)CC1C(=O)N(C)[C@@H](Cc2ccccc2)C(=O)N(C)C[C@H](NC(=O)[C@H](CC(C)C)N(C)C)C(=O)N(C)[C@@H](CC(C)C)C(=O)N(C)C(Cc2ccccc2)C(=O)N(C)CC(NC(=O)[C@H](CC(C)C)N(C)C)C(=O)N1C. The van der Waals surface area contributed by atoms with Gasteiger partial charge in [-0.05, 0) is 88.7 Å². The van der Waals surface area contributed by atoms with Crippen molar-refractivity contribution in [3.63, 3.8) is 0 Å². The van der Waals surface area contributed by atoms with Crippen LogP contribution in [0.4, 0.5) is 0 Å². The van der Waals surface area contributed by atoms with Gasteiger partial charge >= 0.3 is 0 Å². The summed E-state index contributed by atoms with van der Waals surface area (Å²) < 4.78 is 0. The van der Waals surface area contributed by atoms with Crippen LogP contribution >= 0.6 is 0 Å². The van der Waals surface area contributed by atoms with Crippen LogP contribution in [0, 0.1) is 23.7 Å². The molecule has 3 rings (SSSR count). The number of hydrogen-bond acceptors (Lipinski definition) is 10. The molecule has 0 bridgehead atoms. The van der Waals surface area contributed by atoms with Gasteiger partial charge in [-0.25, -0.2) is 0 Å². The van der Waals surface area contributed by atoms with Gasteiger partial charge in [0.25, 0.3) is 0 Å². The Hall–Kier alpha value is -5.88. The summed E-state index contributed by atoms with van der Waals surface area (Å²) in [4.78, 5) is 132. The molecule has 424 valence electrons. The van der Waals surface area contributed by atoms with Crippen molar-refractivity contribution < 1.29 is 38.4 Å². The molecule has 1 heterocycles. The molecule has 0 spiro atoms. The van der Waals surface area contributed by atoms with Crippen molar-refractivity contribution in [1.82, 2.24) is 49.8 Å². The molecule has 0 radical (unpaired) electrons. The maximum Gasteiger partial charge on any atom is 0.247 e. The fourth-order valence-electron chi connectivity index (χ4n) is 9.91. The third-order valence-electron chi connectivity index (χ3n) is 14.5. The Kier molecular flexibility index (Phi) is 25.1. The Morgan fingerprint density at radius 1 is 0.447 bits per heavy atom. The van der Waals surface area contributed by atoms with Gasteiger partial charge in [0.15, 0.2) is 0 Å². The van der Waals surface area contributed by atoms with Crippen LogP contribution in [0.5, 0.6) is 0 Å². The molecule has 76 heavy (non-hydrogen) atoms. The quantitative estimate of drug-likeness (QED) is 0.223. The Morgan fingerprint density at radius 3 is 1.00 bits per heavy atom. The molecular formula is C58H94N10O8. The van der Waals surface area contributed by atoms with Crippen molar-refractivity contribution in [2.75, 3.05) is 83.6 Å². The summed E-state index contributed by atoms with van der Waals surface area (Å²) in [6.45, 7) is 15.0. The van der Waals surface area contributed by atoms with Gasteiger partial charge in [0.2, 0.25) is 47.3 Å². The minimum atomic E-state index is -1.36. The predicted molar refractivity (Wildman–Crippen MR) is 298 cm³/mol. The first-order valence-electron chi connectivity index (χ1n) is 27.1. The van der Waals surface area contributed by atoms with E-state index in [2.05, 4.69) is 10.6 Å². The Bertz CT molecular complexity index is 2090. The molecule has 0 saturated carbocycles. The van der Waals surface area contributed by atoms with Crippen LogP contribution in [-0.2, 0) is 51.2 Å². The topological polar surface area (TPSA) is 187 Å². The lowest BCUT2D eigenvalue weighted by atomic mass is 9.97. The molecule has 1 saturated heterocycles. The van der Waals surface area contributed by atoms with Crippen LogP contribution in [-0.4, -0.2) is 218 Å². The highest BCUT2D eigenvalue weighted by atomic mass is 16.2. The number of carbonyl (C=O) groups excluding carboxylic acids is 8. The molecule has 18 nitrogen and oxygen atoms in total. The van der Waals surface area contributed by atoms with E-state index < -0.39 is 95.6 Å². The van der Waals surface area contributed by atoms with Crippen LogP contribution in [0.3, 0.4) is 0 Å². The van der Waals surface area contributed by atoms with E-state index >= 15 is 28.8 Å². The molecule has 1 aliphatic rings. The van der Waals surface area contributed by atoms with Gasteiger partial charge < -0.3 is 40.0 Å². The second-order valence-corrected chi connectivity index (χ2v) is 23.3. The number of benzene rings is 2. The zero-order valence-corrected chi connectivity index (χ0v) is 49.2. The van der Waals surface area contributed by atoms with Gasteiger partial charge in [0, 0.05) is 68.2 Å². The Morgan fingerprint density at radius 2 is 0.737 bits per heavy atom. The summed E-state index contributed by atoms with van der Waals surface area (Å²) in [6, 6.07) is 9.80. The minimum absolute atomic E-state index is 0.0646. The largest absolute Gasteiger partial charge is 0.341 e. The fraction of sp³-hybridized carbons (Fsp3) is 0.655. The van der Waals surface area contributed by atoms with E-state index in [0.717, 1.165) is 11.1 Å². The standard InChI is InChI=1S/C58H94N10O8/c1-37(2)29-45(61(9)10)51(69)59-43-35-63(13)55(73)49(33-41-25-21-19-22-26-41)67(17)58(76)48(32-40(7)8)66(16)54(72)44(60-52(70)46(62(11)12)30-38(3)4)36-64(14)56(74)50(34-42-27-23-20-24-28-42)68(18)57(75)47(31-39(5)6)65(15)53(43)71/h19-28,37-40,43-50H,29-36H2,1-18H3,(H,59,69)(H,60,70)/t43-,44?,45-,46-,47-,48?,49-,50?/m0/s1. The minimum Gasteiger partial charge on any atom is -0.341 e. The lowest BCUT2D eigenvalue weighted by Crippen LogP contribution is -2.63. The molecule has 1 fully saturated rings. The highest BCUT2D eigenvalue weighted by Crippen LogP contribution is 2.23. The molecule has 3 unspecified atom stereocenters. The van der Waals surface area contributed by atoms with Gasteiger partial charge in [0.1, 0.15) is 36.3 Å². The van der Waals surface area contributed by atoms with E-state index in [1.807, 2.05) is 116 Å². The van der Waals surface area contributed by atoms with Crippen molar-refractivity contribution in [3.8, 4) is 0 Å². The van der Waals surface area contributed by atoms with E-state index in [-0.39, 0.29) is 62.4 Å². The third-order valence-corrected chi connectivity index (χ3v) is 14.5. The lowest BCUT2D eigenvalue weighted by Gasteiger charge is -2.40. The summed E-state index contributed by atoms with van der Waals surface area (Å²) in [5.74, 6) is -4.31. The van der Waals surface area contributed by atoms with Crippen LogP contribution in [0.2, 0.25) is 0 Å². The maximum atomic E-state index is 15.3. The number of carbonyl (C=O) groups is 8. The molecule has 2 aromatic carbocycles. The molecule has 1 aliphatic heterocycles. The number of rotatable bonds is 18. The number of amides is 8. The first-order chi connectivity index (χ1) is 35.5. The first-order valence-corrected chi connectivity index (χ1v) is 27.1. The summed E-state index contributed by atoms with van der Waals surface area (Å²) in [7, 11) is 16.2.